The zero-order chi connectivity index (χ0) is 15.0. The Labute approximate surface area is 128 Å². The van der Waals surface area contributed by atoms with Crippen molar-refractivity contribution in [1.29, 1.82) is 0 Å². The molecule has 0 amide bonds. The summed E-state index contributed by atoms with van der Waals surface area (Å²) in [5.41, 5.74) is 6.13. The van der Waals surface area contributed by atoms with Crippen LogP contribution in [0.4, 0.5) is 0 Å². The molecule has 3 heterocycles. The molecule has 1 aliphatic rings. The second-order valence-electron chi connectivity index (χ2n) is 5.25. The minimum Gasteiger partial charge on any atom is -0.345 e. The lowest BCUT2D eigenvalue weighted by Crippen LogP contribution is -2.39. The first-order valence-electron chi connectivity index (χ1n) is 6.86. The van der Waals surface area contributed by atoms with E-state index in [1.165, 1.54) is 10.5 Å². The van der Waals surface area contributed by atoms with Crippen molar-refractivity contribution < 1.29 is 8.42 Å². The molecule has 3 N–H and O–H groups in total. The van der Waals surface area contributed by atoms with Gasteiger partial charge in [0, 0.05) is 25.5 Å². The predicted octanol–water partition coefficient (Wildman–Crippen LogP) is 1.58. The molecule has 21 heavy (non-hydrogen) atoms. The van der Waals surface area contributed by atoms with Crippen LogP contribution >= 0.6 is 11.6 Å². The van der Waals surface area contributed by atoms with E-state index in [9.17, 15) is 8.42 Å². The highest BCUT2D eigenvalue weighted by atomic mass is 35.5. The number of rotatable bonds is 3. The fourth-order valence-electron chi connectivity index (χ4n) is 2.72. The van der Waals surface area contributed by atoms with Gasteiger partial charge in [-0.1, -0.05) is 11.6 Å². The van der Waals surface area contributed by atoms with Crippen LogP contribution in [-0.2, 0) is 10.0 Å². The molecule has 1 fully saturated rings. The summed E-state index contributed by atoms with van der Waals surface area (Å²) in [6.45, 7) is 1.60. The molecule has 114 valence electrons. The Bertz CT molecular complexity index is 751. The largest absolute Gasteiger partial charge is 0.345 e. The van der Waals surface area contributed by atoms with Crippen LogP contribution in [0.15, 0.2) is 23.4 Å². The summed E-state index contributed by atoms with van der Waals surface area (Å²) in [4.78, 5) is 7.18. The molecule has 0 aromatic carbocycles. The molecule has 1 aliphatic heterocycles. The molecule has 0 saturated carbocycles. The predicted molar refractivity (Wildman–Crippen MR) is 81.6 cm³/mol. The fraction of sp³-hybridized carbons (Fsp3) is 0.462. The Morgan fingerprint density at radius 3 is 2.81 bits per heavy atom. The first-order chi connectivity index (χ1) is 10.0. The van der Waals surface area contributed by atoms with Gasteiger partial charge in [-0.25, -0.2) is 13.4 Å². The number of aromatic amines is 1. The monoisotopic (exact) mass is 328 g/mol. The summed E-state index contributed by atoms with van der Waals surface area (Å²) in [5, 5.41) is 0.844. The number of aromatic nitrogens is 2. The maximum Gasteiger partial charge on any atom is 0.245 e. The third-order valence-corrected chi connectivity index (χ3v) is 6.25. The van der Waals surface area contributed by atoms with Crippen LogP contribution < -0.4 is 5.73 Å². The molecule has 0 radical (unpaired) electrons. The molecule has 3 rings (SSSR count). The molecule has 0 atom stereocenters. The molecular weight excluding hydrogens is 312 g/mol. The van der Waals surface area contributed by atoms with Crippen LogP contribution in [0.5, 0.6) is 0 Å². The van der Waals surface area contributed by atoms with Gasteiger partial charge < -0.3 is 10.7 Å². The van der Waals surface area contributed by atoms with E-state index in [0.29, 0.717) is 41.6 Å². The van der Waals surface area contributed by atoms with Crippen LogP contribution in [0.25, 0.3) is 11.0 Å². The fourth-order valence-corrected chi connectivity index (χ4v) is 4.66. The molecule has 8 heteroatoms. The van der Waals surface area contributed by atoms with E-state index in [-0.39, 0.29) is 4.90 Å². The molecule has 0 aliphatic carbocycles. The van der Waals surface area contributed by atoms with Crippen molar-refractivity contribution >= 4 is 32.7 Å². The number of nitrogens with one attached hydrogen (secondary N) is 1. The Kier molecular flexibility index (Phi) is 3.92. The standard InChI is InChI=1S/C13H17ClN4O2S/c14-10-1-4-16-13-12(10)11(8-17-13)21(19,20)18-5-2-9(7-15)3-6-18/h1,4,8-9H,2-3,5-7,15H2,(H,16,17). The molecule has 2 aromatic rings. The molecule has 0 unspecified atom stereocenters. The summed E-state index contributed by atoms with van der Waals surface area (Å²) in [6, 6.07) is 1.59. The van der Waals surface area contributed by atoms with Gasteiger partial charge in [0.05, 0.1) is 10.4 Å². The van der Waals surface area contributed by atoms with Crippen molar-refractivity contribution in [3.05, 3.63) is 23.5 Å². The second kappa shape index (κ2) is 5.57. The van der Waals surface area contributed by atoms with Gasteiger partial charge in [0.1, 0.15) is 10.5 Å². The van der Waals surface area contributed by atoms with Gasteiger partial charge in [-0.3, -0.25) is 0 Å². The summed E-state index contributed by atoms with van der Waals surface area (Å²) < 4.78 is 27.1. The Morgan fingerprint density at radius 2 is 2.14 bits per heavy atom. The number of halogens is 1. The number of piperidine rings is 1. The average molecular weight is 329 g/mol. The highest BCUT2D eigenvalue weighted by Crippen LogP contribution is 2.31. The van der Waals surface area contributed by atoms with Gasteiger partial charge in [-0.05, 0) is 31.4 Å². The van der Waals surface area contributed by atoms with E-state index in [1.807, 2.05) is 0 Å². The summed E-state index contributed by atoms with van der Waals surface area (Å²) in [5.74, 6) is 0.407. The van der Waals surface area contributed by atoms with E-state index in [1.54, 1.807) is 12.3 Å². The van der Waals surface area contributed by atoms with Gasteiger partial charge in [0.15, 0.2) is 0 Å². The highest BCUT2D eigenvalue weighted by Gasteiger charge is 2.31. The third kappa shape index (κ3) is 2.55. The maximum absolute atomic E-state index is 12.8. The average Bonchev–Trinajstić information content (AvgIpc) is 2.93. The lowest BCUT2D eigenvalue weighted by molar-refractivity contribution is 0.278. The van der Waals surface area contributed by atoms with Crippen molar-refractivity contribution in [3.63, 3.8) is 0 Å². The highest BCUT2D eigenvalue weighted by molar-refractivity contribution is 7.89. The van der Waals surface area contributed by atoms with E-state index in [0.717, 1.165) is 12.8 Å². The summed E-state index contributed by atoms with van der Waals surface area (Å²) in [6.07, 6.45) is 4.60. The van der Waals surface area contributed by atoms with Crippen LogP contribution in [-0.4, -0.2) is 42.3 Å². The van der Waals surface area contributed by atoms with Gasteiger partial charge in [-0.15, -0.1) is 0 Å². The minimum absolute atomic E-state index is 0.196. The topological polar surface area (TPSA) is 92.1 Å². The summed E-state index contributed by atoms with van der Waals surface area (Å²) >= 11 is 6.13. The van der Waals surface area contributed by atoms with Crippen molar-refractivity contribution in [2.45, 2.75) is 17.7 Å². The molecule has 0 spiro atoms. The maximum atomic E-state index is 12.8. The number of pyridine rings is 1. The number of fused-ring (bicyclic) bond motifs is 1. The van der Waals surface area contributed by atoms with E-state index >= 15 is 0 Å². The van der Waals surface area contributed by atoms with Gasteiger partial charge in [0.25, 0.3) is 0 Å². The van der Waals surface area contributed by atoms with Crippen LogP contribution in [0.3, 0.4) is 0 Å². The van der Waals surface area contributed by atoms with E-state index < -0.39 is 10.0 Å². The van der Waals surface area contributed by atoms with Crippen molar-refractivity contribution in [3.8, 4) is 0 Å². The van der Waals surface area contributed by atoms with E-state index in [2.05, 4.69) is 9.97 Å². The molecule has 0 bridgehead atoms. The van der Waals surface area contributed by atoms with Gasteiger partial charge >= 0.3 is 0 Å². The Balaban J connectivity index is 1.98. The number of nitrogens with two attached hydrogens (primary N) is 1. The van der Waals surface area contributed by atoms with Gasteiger partial charge in [-0.2, -0.15) is 4.31 Å². The number of hydrogen-bond donors (Lipinski definition) is 2. The van der Waals surface area contributed by atoms with Crippen LogP contribution in [0.1, 0.15) is 12.8 Å². The molecule has 2 aromatic heterocycles. The lowest BCUT2D eigenvalue weighted by atomic mass is 9.99. The normalized spacial score (nSPS) is 18.4. The minimum atomic E-state index is -3.56. The number of hydrogen-bond acceptors (Lipinski definition) is 4. The van der Waals surface area contributed by atoms with E-state index in [4.69, 9.17) is 17.3 Å². The SMILES string of the molecule is NCC1CCN(S(=O)(=O)c2c[nH]c3nccc(Cl)c23)CC1. The lowest BCUT2D eigenvalue weighted by Gasteiger charge is -2.30. The quantitative estimate of drug-likeness (QED) is 0.894. The molecular formula is C13H17ClN4O2S. The van der Waals surface area contributed by atoms with Crippen LogP contribution in [0.2, 0.25) is 5.02 Å². The second-order valence-corrected chi connectivity index (χ2v) is 7.57. The number of nitrogens with zero attached hydrogens (tertiary/aromatic N) is 2. The zero-order valence-electron chi connectivity index (χ0n) is 11.4. The van der Waals surface area contributed by atoms with Crippen molar-refractivity contribution in [2.24, 2.45) is 11.7 Å². The van der Waals surface area contributed by atoms with Crippen LogP contribution in [0, 0.1) is 5.92 Å². The number of sulfonamides is 1. The van der Waals surface area contributed by atoms with Crippen molar-refractivity contribution in [1.82, 2.24) is 14.3 Å². The first kappa shape index (κ1) is 14.8. The third-order valence-electron chi connectivity index (χ3n) is 4.01. The summed E-state index contributed by atoms with van der Waals surface area (Å²) in [7, 11) is -3.56. The number of H-pyrrole nitrogens is 1. The first-order valence-corrected chi connectivity index (χ1v) is 8.67. The zero-order valence-corrected chi connectivity index (χ0v) is 13.0. The Morgan fingerprint density at radius 1 is 1.43 bits per heavy atom. The molecule has 6 nitrogen and oxygen atoms in total. The smallest absolute Gasteiger partial charge is 0.245 e. The van der Waals surface area contributed by atoms with Crippen molar-refractivity contribution in [2.75, 3.05) is 19.6 Å². The Hall–Kier alpha value is -1.15. The van der Waals surface area contributed by atoms with Gasteiger partial charge in [0.2, 0.25) is 10.0 Å². The molecule has 1 saturated heterocycles.